The van der Waals surface area contributed by atoms with Crippen molar-refractivity contribution >= 4 is 22.9 Å². The van der Waals surface area contributed by atoms with Crippen LogP contribution in [0.15, 0.2) is 30.7 Å². The summed E-state index contributed by atoms with van der Waals surface area (Å²) in [5.74, 6) is 0.861. The van der Waals surface area contributed by atoms with E-state index in [1.54, 1.807) is 66.4 Å². The summed E-state index contributed by atoms with van der Waals surface area (Å²) in [6.45, 7) is 7.00. The van der Waals surface area contributed by atoms with Crippen LogP contribution in [-0.4, -0.2) is 63.0 Å². The van der Waals surface area contributed by atoms with E-state index in [4.69, 9.17) is 9.47 Å². The predicted molar refractivity (Wildman–Crippen MR) is 111 cm³/mol. The van der Waals surface area contributed by atoms with Crippen molar-refractivity contribution in [2.24, 2.45) is 0 Å². The highest BCUT2D eigenvalue weighted by Gasteiger charge is 2.22. The molecule has 0 atom stereocenters. The molecule has 2 heterocycles. The lowest BCUT2D eigenvalue weighted by Gasteiger charge is -2.19. The van der Waals surface area contributed by atoms with Crippen LogP contribution in [0.25, 0.3) is 22.0 Å². The number of rotatable bonds is 4. The summed E-state index contributed by atoms with van der Waals surface area (Å²) < 4.78 is 12.4. The maximum Gasteiger partial charge on any atom is 0.435 e. The molecule has 30 heavy (non-hydrogen) atoms. The molecule has 0 fully saturated rings. The molecule has 1 amide bonds. The second kappa shape index (κ2) is 8.10. The van der Waals surface area contributed by atoms with E-state index in [-0.39, 0.29) is 12.5 Å². The molecular weight excluding hydrogens is 386 g/mol. The van der Waals surface area contributed by atoms with Crippen molar-refractivity contribution < 1.29 is 19.1 Å². The molecule has 0 aliphatic carbocycles. The zero-order valence-corrected chi connectivity index (χ0v) is 18.0. The number of aryl methyl sites for hydroxylation is 1. The van der Waals surface area contributed by atoms with Crippen LogP contribution >= 0.6 is 0 Å². The van der Waals surface area contributed by atoms with Crippen LogP contribution in [0.3, 0.4) is 0 Å². The Morgan fingerprint density at radius 2 is 1.77 bits per heavy atom. The average Bonchev–Trinajstić information content (AvgIpc) is 3.07. The summed E-state index contributed by atoms with van der Waals surface area (Å²) in [5, 5.41) is 4.88. The Hall–Kier alpha value is -3.49. The Labute approximate surface area is 174 Å². The van der Waals surface area contributed by atoms with Crippen molar-refractivity contribution in [3.63, 3.8) is 0 Å². The maximum absolute atomic E-state index is 12.6. The number of ether oxygens (including phenoxy) is 2. The quantitative estimate of drug-likeness (QED) is 0.650. The lowest BCUT2D eigenvalue weighted by atomic mass is 10.1. The van der Waals surface area contributed by atoms with Crippen LogP contribution in [0, 0.1) is 6.92 Å². The molecule has 0 aliphatic heterocycles. The van der Waals surface area contributed by atoms with Crippen molar-refractivity contribution in [2.45, 2.75) is 33.3 Å². The van der Waals surface area contributed by atoms with E-state index in [1.165, 1.54) is 9.58 Å². The summed E-state index contributed by atoms with van der Waals surface area (Å²) in [4.78, 5) is 34.5. The average molecular weight is 411 g/mol. The van der Waals surface area contributed by atoms with Crippen molar-refractivity contribution in [3.8, 4) is 16.9 Å². The lowest BCUT2D eigenvalue weighted by Crippen LogP contribution is -2.28. The molecule has 0 radical (unpaired) electrons. The van der Waals surface area contributed by atoms with Crippen molar-refractivity contribution in [1.82, 2.24) is 24.6 Å². The van der Waals surface area contributed by atoms with Crippen molar-refractivity contribution in [1.29, 1.82) is 0 Å². The number of carbonyl (C=O) groups is 2. The van der Waals surface area contributed by atoms with Gasteiger partial charge in [0, 0.05) is 49.1 Å². The molecule has 0 N–H and O–H groups in total. The number of benzene rings is 1. The van der Waals surface area contributed by atoms with E-state index in [9.17, 15) is 9.59 Å². The molecule has 9 heteroatoms. The third-order valence-electron chi connectivity index (χ3n) is 4.18. The molecule has 0 spiro atoms. The third kappa shape index (κ3) is 4.73. The van der Waals surface area contributed by atoms with Crippen LogP contribution < -0.4 is 4.74 Å². The standard InChI is InChI=1S/C21H25N5O4/c1-13-22-9-15(10-23-13)16-7-14-11-24-26(20(28)30-21(2,3)4)17(14)8-18(16)29-12-19(27)25(5)6/h7-11H,12H2,1-6H3. The van der Waals surface area contributed by atoms with Gasteiger partial charge < -0.3 is 14.4 Å². The number of carbonyl (C=O) groups excluding carboxylic acids is 2. The third-order valence-corrected chi connectivity index (χ3v) is 4.18. The molecule has 3 rings (SSSR count). The predicted octanol–water partition coefficient (Wildman–Crippen LogP) is 3.05. The second-order valence-electron chi connectivity index (χ2n) is 8.04. The first kappa shape index (κ1) is 21.2. The lowest BCUT2D eigenvalue weighted by molar-refractivity contribution is -0.130. The molecule has 9 nitrogen and oxygen atoms in total. The smallest absolute Gasteiger partial charge is 0.435 e. The summed E-state index contributed by atoms with van der Waals surface area (Å²) in [5.41, 5.74) is 1.26. The van der Waals surface area contributed by atoms with Gasteiger partial charge >= 0.3 is 6.09 Å². The van der Waals surface area contributed by atoms with Crippen LogP contribution in [0.1, 0.15) is 26.6 Å². The van der Waals surface area contributed by atoms with Gasteiger partial charge in [-0.3, -0.25) is 4.79 Å². The van der Waals surface area contributed by atoms with Crippen LogP contribution in [-0.2, 0) is 9.53 Å². The minimum Gasteiger partial charge on any atom is -0.483 e. The number of hydrogen-bond donors (Lipinski definition) is 0. The van der Waals surface area contributed by atoms with Crippen LogP contribution in [0.2, 0.25) is 0 Å². The summed E-state index contributed by atoms with van der Waals surface area (Å²) in [6.07, 6.45) is 4.34. The zero-order valence-electron chi connectivity index (χ0n) is 18.0. The van der Waals surface area contributed by atoms with Crippen LogP contribution in [0.5, 0.6) is 5.75 Å². The van der Waals surface area contributed by atoms with Crippen LogP contribution in [0.4, 0.5) is 4.79 Å². The monoisotopic (exact) mass is 411 g/mol. The minimum absolute atomic E-state index is 0.154. The number of hydrogen-bond acceptors (Lipinski definition) is 7. The Morgan fingerprint density at radius 3 is 2.37 bits per heavy atom. The number of aromatic nitrogens is 4. The van der Waals surface area contributed by atoms with Crippen molar-refractivity contribution in [3.05, 3.63) is 36.5 Å². The zero-order chi connectivity index (χ0) is 22.1. The van der Waals surface area contributed by atoms with Gasteiger partial charge in [0.25, 0.3) is 5.91 Å². The normalized spacial score (nSPS) is 11.4. The fraction of sp³-hybridized carbons (Fsp3) is 0.381. The molecule has 2 aromatic heterocycles. The second-order valence-corrected chi connectivity index (χ2v) is 8.04. The highest BCUT2D eigenvalue weighted by molar-refractivity contribution is 5.93. The topological polar surface area (TPSA) is 99.4 Å². The molecule has 1 aromatic carbocycles. The first-order valence-electron chi connectivity index (χ1n) is 9.42. The number of amides is 1. The van der Waals surface area contributed by atoms with Gasteiger partial charge in [0.15, 0.2) is 6.61 Å². The van der Waals surface area contributed by atoms with Crippen molar-refractivity contribution in [2.75, 3.05) is 20.7 Å². The Morgan fingerprint density at radius 1 is 1.10 bits per heavy atom. The van der Waals surface area contributed by atoms with E-state index in [2.05, 4.69) is 15.1 Å². The highest BCUT2D eigenvalue weighted by Crippen LogP contribution is 2.34. The number of likely N-dealkylation sites (N-methyl/N-ethyl adjacent to an activating group) is 1. The summed E-state index contributed by atoms with van der Waals surface area (Å²) >= 11 is 0. The first-order valence-corrected chi connectivity index (χ1v) is 9.42. The van der Waals surface area contributed by atoms with E-state index in [0.29, 0.717) is 28.0 Å². The Bertz CT molecular complexity index is 1080. The molecule has 0 unspecified atom stereocenters. The Kier molecular flexibility index (Phi) is 5.73. The van der Waals surface area contributed by atoms with E-state index >= 15 is 0 Å². The first-order chi connectivity index (χ1) is 14.0. The molecule has 0 saturated carbocycles. The fourth-order valence-corrected chi connectivity index (χ4v) is 2.65. The van der Waals surface area contributed by atoms with E-state index < -0.39 is 11.7 Å². The van der Waals surface area contributed by atoms with Gasteiger partial charge in [-0.05, 0) is 33.8 Å². The highest BCUT2D eigenvalue weighted by atomic mass is 16.6. The van der Waals surface area contributed by atoms with Gasteiger partial charge in [-0.25, -0.2) is 14.8 Å². The maximum atomic E-state index is 12.6. The molecule has 3 aromatic rings. The van der Waals surface area contributed by atoms with E-state index in [1.807, 2.05) is 6.07 Å². The number of nitrogens with zero attached hydrogens (tertiary/aromatic N) is 5. The van der Waals surface area contributed by atoms with Gasteiger partial charge in [-0.2, -0.15) is 9.78 Å². The summed E-state index contributed by atoms with van der Waals surface area (Å²) in [7, 11) is 3.31. The van der Waals surface area contributed by atoms with Gasteiger partial charge in [-0.15, -0.1) is 0 Å². The fourth-order valence-electron chi connectivity index (χ4n) is 2.65. The number of fused-ring (bicyclic) bond motifs is 1. The molecule has 0 saturated heterocycles. The SMILES string of the molecule is Cc1ncc(-c2cc3cnn(C(=O)OC(C)(C)C)c3cc2OCC(=O)N(C)C)cn1. The minimum atomic E-state index is -0.661. The van der Waals surface area contributed by atoms with Gasteiger partial charge in [0.05, 0.1) is 11.7 Å². The molecule has 0 aliphatic rings. The van der Waals surface area contributed by atoms with Gasteiger partial charge in [0.2, 0.25) is 0 Å². The van der Waals surface area contributed by atoms with Gasteiger partial charge in [-0.1, -0.05) is 0 Å². The van der Waals surface area contributed by atoms with Gasteiger partial charge in [0.1, 0.15) is 17.2 Å². The Balaban J connectivity index is 2.07. The summed E-state index contributed by atoms with van der Waals surface area (Å²) in [6, 6.07) is 3.50. The molecule has 158 valence electrons. The van der Waals surface area contributed by atoms with E-state index in [0.717, 1.165) is 5.56 Å². The largest absolute Gasteiger partial charge is 0.483 e. The molecule has 0 bridgehead atoms. The molecular formula is C21H25N5O4.